The summed E-state index contributed by atoms with van der Waals surface area (Å²) in [7, 11) is 0. The van der Waals surface area contributed by atoms with Crippen LogP contribution in [-0.4, -0.2) is 38.2 Å². The van der Waals surface area contributed by atoms with E-state index in [0.717, 1.165) is 11.1 Å². The number of carbonyl (C=O) groups is 1. The molecule has 0 fully saturated rings. The van der Waals surface area contributed by atoms with Gasteiger partial charge >= 0.3 is 18.2 Å². The molecule has 0 spiro atoms. The highest BCUT2D eigenvalue weighted by Crippen LogP contribution is 2.37. The number of hydrogen-bond donors (Lipinski definition) is 3. The number of ether oxygens (including phenoxy) is 1. The van der Waals surface area contributed by atoms with Crippen LogP contribution in [0.2, 0.25) is 0 Å². The number of carboxylic acid groups (broad SMARTS) is 1. The van der Waals surface area contributed by atoms with Gasteiger partial charge in [0.2, 0.25) is 12.1 Å². The van der Waals surface area contributed by atoms with Gasteiger partial charge in [0.05, 0.1) is 0 Å². The number of nitrogens with zero attached hydrogens (tertiary/aromatic N) is 3. The minimum Gasteiger partial charge on any atom is -0.480 e. The number of rotatable bonds is 8. The van der Waals surface area contributed by atoms with E-state index in [-0.39, 0.29) is 23.8 Å². The van der Waals surface area contributed by atoms with Crippen molar-refractivity contribution in [2.24, 2.45) is 5.73 Å². The molecule has 0 aliphatic heterocycles. The predicted molar refractivity (Wildman–Crippen MR) is 130 cm³/mol. The minimum absolute atomic E-state index is 0.00284. The Morgan fingerprint density at radius 3 is 2.05 bits per heavy atom. The summed E-state index contributed by atoms with van der Waals surface area (Å²) < 4.78 is 47.1. The summed E-state index contributed by atoms with van der Waals surface area (Å²) in [6, 6.07) is 19.8. The lowest BCUT2D eigenvalue weighted by Gasteiger charge is -2.21. The lowest BCUT2D eigenvalue weighted by molar-refractivity contribution is -0.199. The summed E-state index contributed by atoms with van der Waals surface area (Å²) in [4.78, 5) is 22.7. The van der Waals surface area contributed by atoms with Gasteiger partial charge in [0.15, 0.2) is 5.82 Å². The third kappa shape index (κ3) is 6.39. The minimum atomic E-state index is -4.76. The Morgan fingerprint density at radius 2 is 1.46 bits per heavy atom. The first-order valence-corrected chi connectivity index (χ1v) is 11.1. The van der Waals surface area contributed by atoms with E-state index in [9.17, 15) is 18.0 Å². The molecule has 0 saturated heterocycles. The molecular formula is C26H22F3N5O3. The molecular weight excluding hydrogens is 487 g/mol. The van der Waals surface area contributed by atoms with E-state index in [4.69, 9.17) is 21.3 Å². The molecule has 0 amide bonds. The maximum absolute atomic E-state index is 14.0. The van der Waals surface area contributed by atoms with Gasteiger partial charge in [-0.1, -0.05) is 78.9 Å². The van der Waals surface area contributed by atoms with Crippen molar-refractivity contribution in [3.05, 3.63) is 90.0 Å². The van der Waals surface area contributed by atoms with Gasteiger partial charge in [-0.3, -0.25) is 4.79 Å². The van der Waals surface area contributed by atoms with E-state index < -0.39 is 30.3 Å². The number of carboxylic acids is 1. The second-order valence-corrected chi connectivity index (χ2v) is 8.17. The van der Waals surface area contributed by atoms with Crippen LogP contribution < -0.4 is 16.2 Å². The number of nitrogen functional groups attached to an aromatic ring is 1. The van der Waals surface area contributed by atoms with Crippen molar-refractivity contribution in [2.45, 2.75) is 24.7 Å². The number of benzene rings is 3. The van der Waals surface area contributed by atoms with E-state index in [1.54, 1.807) is 36.4 Å². The van der Waals surface area contributed by atoms with Crippen molar-refractivity contribution in [3.8, 4) is 28.5 Å². The van der Waals surface area contributed by atoms with E-state index in [0.29, 0.717) is 11.1 Å². The zero-order valence-corrected chi connectivity index (χ0v) is 19.3. The van der Waals surface area contributed by atoms with Gasteiger partial charge in [0.1, 0.15) is 6.04 Å². The Bertz CT molecular complexity index is 1370. The lowest BCUT2D eigenvalue weighted by atomic mass is 10.0. The molecule has 0 saturated carbocycles. The van der Waals surface area contributed by atoms with Crippen molar-refractivity contribution < 1.29 is 27.8 Å². The van der Waals surface area contributed by atoms with Crippen molar-refractivity contribution in [1.29, 1.82) is 0 Å². The molecule has 1 unspecified atom stereocenters. The molecule has 1 aromatic heterocycles. The average Bonchev–Trinajstić information content (AvgIpc) is 2.87. The highest BCUT2D eigenvalue weighted by Gasteiger charge is 2.43. The largest absolute Gasteiger partial charge is 0.480 e. The molecule has 0 aliphatic carbocycles. The monoisotopic (exact) mass is 509 g/mol. The second kappa shape index (κ2) is 10.6. The van der Waals surface area contributed by atoms with Crippen LogP contribution in [0.25, 0.3) is 22.5 Å². The zero-order chi connectivity index (χ0) is 26.6. The molecule has 4 rings (SSSR count). The fourth-order valence-electron chi connectivity index (χ4n) is 3.60. The van der Waals surface area contributed by atoms with Crippen molar-refractivity contribution in [1.82, 2.24) is 15.0 Å². The van der Waals surface area contributed by atoms with Crippen molar-refractivity contribution in [2.75, 3.05) is 5.73 Å². The molecule has 8 nitrogen and oxygen atoms in total. The van der Waals surface area contributed by atoms with E-state index in [2.05, 4.69) is 15.0 Å². The first kappa shape index (κ1) is 25.6. The molecule has 4 aromatic rings. The summed E-state index contributed by atoms with van der Waals surface area (Å²) in [5.74, 6) is -1.46. The third-order valence-electron chi connectivity index (χ3n) is 5.46. The highest BCUT2D eigenvalue weighted by molar-refractivity contribution is 5.73. The fraction of sp³-hybridized carbons (Fsp3) is 0.154. The van der Waals surface area contributed by atoms with Gasteiger partial charge in [-0.05, 0) is 23.1 Å². The summed E-state index contributed by atoms with van der Waals surface area (Å²) in [6.45, 7) is 0. The first-order chi connectivity index (χ1) is 17.6. The van der Waals surface area contributed by atoms with Crippen LogP contribution >= 0.6 is 0 Å². The van der Waals surface area contributed by atoms with E-state index >= 15 is 0 Å². The number of anilines is 1. The smallest absolute Gasteiger partial charge is 0.429 e. The van der Waals surface area contributed by atoms with Crippen LogP contribution in [0, 0.1) is 0 Å². The maximum atomic E-state index is 14.0. The lowest BCUT2D eigenvalue weighted by Crippen LogP contribution is -2.32. The number of aliphatic carboxylic acids is 1. The molecule has 3 aromatic carbocycles. The number of nitrogens with two attached hydrogens (primary N) is 2. The van der Waals surface area contributed by atoms with Crippen LogP contribution in [0.3, 0.4) is 0 Å². The van der Waals surface area contributed by atoms with E-state index in [1.165, 1.54) is 12.1 Å². The number of halogens is 3. The normalized spacial score (nSPS) is 13.1. The molecule has 2 atom stereocenters. The van der Waals surface area contributed by atoms with Crippen molar-refractivity contribution >= 4 is 11.9 Å². The van der Waals surface area contributed by atoms with Gasteiger partial charge < -0.3 is 21.3 Å². The quantitative estimate of drug-likeness (QED) is 0.317. The van der Waals surface area contributed by atoms with Crippen LogP contribution in [-0.2, 0) is 11.2 Å². The Balaban J connectivity index is 1.58. The van der Waals surface area contributed by atoms with Gasteiger partial charge in [-0.15, -0.1) is 0 Å². The Morgan fingerprint density at radius 1 is 0.865 bits per heavy atom. The number of hydrogen-bond acceptors (Lipinski definition) is 7. The Hall–Kier alpha value is -4.51. The third-order valence-corrected chi connectivity index (χ3v) is 5.46. The molecule has 1 heterocycles. The van der Waals surface area contributed by atoms with Crippen LogP contribution in [0.4, 0.5) is 19.1 Å². The summed E-state index contributed by atoms with van der Waals surface area (Å²) in [5.41, 5.74) is 13.8. The SMILES string of the molecule is Nc1nc(OC(c2ccc(-c3ccccc3)cc2)C(F)(F)F)nc(-c2ccc(C[C@H](N)C(=O)O)cc2)n1. The molecule has 0 bridgehead atoms. The summed E-state index contributed by atoms with van der Waals surface area (Å²) >= 11 is 0. The summed E-state index contributed by atoms with van der Waals surface area (Å²) in [5, 5.41) is 8.95. The number of aromatic nitrogens is 3. The second-order valence-electron chi connectivity index (χ2n) is 8.17. The van der Waals surface area contributed by atoms with Gasteiger partial charge in [0.25, 0.3) is 0 Å². The van der Waals surface area contributed by atoms with Crippen molar-refractivity contribution in [3.63, 3.8) is 0 Å². The highest BCUT2D eigenvalue weighted by atomic mass is 19.4. The standard InChI is InChI=1S/C26H22F3N5O3/c27-26(28,29)21(18-12-10-17(11-13-18)16-4-2-1-3-5-16)37-25-33-22(32-24(31)34-25)19-8-6-15(7-9-19)14-20(30)23(35)36/h1-13,20-21H,14,30H2,(H,35,36)(H2,31,32,33,34)/t20-,21?/m0/s1. The zero-order valence-electron chi connectivity index (χ0n) is 19.3. The van der Waals surface area contributed by atoms with Gasteiger partial charge in [0, 0.05) is 11.1 Å². The van der Waals surface area contributed by atoms with Gasteiger partial charge in [-0.25, -0.2) is 0 Å². The predicted octanol–water partition coefficient (Wildman–Crippen LogP) is 4.42. The molecule has 0 aliphatic rings. The Kier molecular flexibility index (Phi) is 7.35. The molecule has 11 heteroatoms. The van der Waals surface area contributed by atoms with Gasteiger partial charge in [-0.2, -0.15) is 28.1 Å². The molecule has 190 valence electrons. The van der Waals surface area contributed by atoms with E-state index in [1.807, 2.05) is 30.3 Å². The maximum Gasteiger partial charge on any atom is 0.429 e. The molecule has 37 heavy (non-hydrogen) atoms. The van der Waals surface area contributed by atoms with Crippen LogP contribution in [0.5, 0.6) is 6.01 Å². The van der Waals surface area contributed by atoms with Crippen LogP contribution in [0.15, 0.2) is 78.9 Å². The summed E-state index contributed by atoms with van der Waals surface area (Å²) in [6.07, 6.45) is -7.01. The average molecular weight is 509 g/mol. The number of alkyl halides is 3. The molecule has 5 N–H and O–H groups in total. The van der Waals surface area contributed by atoms with Crippen LogP contribution in [0.1, 0.15) is 17.2 Å². The Labute approximate surface area is 209 Å². The molecule has 0 radical (unpaired) electrons. The first-order valence-electron chi connectivity index (χ1n) is 11.1. The topological polar surface area (TPSA) is 137 Å². The fourth-order valence-corrected chi connectivity index (χ4v) is 3.60.